The number of carboxylic acid groups (broad SMARTS) is 1. The molecule has 0 aliphatic carbocycles. The summed E-state index contributed by atoms with van der Waals surface area (Å²) in [6.07, 6.45) is 3.72. The van der Waals surface area contributed by atoms with Crippen LogP contribution in [0.3, 0.4) is 0 Å². The highest BCUT2D eigenvalue weighted by atomic mass is 19.1. The summed E-state index contributed by atoms with van der Waals surface area (Å²) in [7, 11) is 2.93. The van der Waals surface area contributed by atoms with Gasteiger partial charge >= 0.3 is 12.0 Å². The number of amides is 1. The Bertz CT molecular complexity index is 1180. The van der Waals surface area contributed by atoms with Crippen LogP contribution < -0.4 is 9.47 Å². The number of benzene rings is 2. The molecule has 33 heavy (non-hydrogen) atoms. The van der Waals surface area contributed by atoms with E-state index in [0.29, 0.717) is 28.9 Å². The van der Waals surface area contributed by atoms with Gasteiger partial charge in [-0.1, -0.05) is 18.2 Å². The molecule has 170 valence electrons. The quantitative estimate of drug-likeness (QED) is 0.609. The van der Waals surface area contributed by atoms with Crippen molar-refractivity contribution in [1.82, 2.24) is 14.9 Å². The van der Waals surface area contributed by atoms with E-state index in [9.17, 15) is 19.1 Å². The van der Waals surface area contributed by atoms with Crippen molar-refractivity contribution in [3.05, 3.63) is 71.8 Å². The number of carbonyl (C=O) groups is 2. The van der Waals surface area contributed by atoms with Crippen molar-refractivity contribution in [2.24, 2.45) is 0 Å². The van der Waals surface area contributed by atoms with E-state index in [2.05, 4.69) is 9.97 Å². The van der Waals surface area contributed by atoms with E-state index in [-0.39, 0.29) is 18.0 Å². The molecular weight excluding hydrogens is 429 g/mol. The van der Waals surface area contributed by atoms with Crippen LogP contribution >= 0.6 is 0 Å². The van der Waals surface area contributed by atoms with Gasteiger partial charge in [-0.15, -0.1) is 0 Å². The van der Waals surface area contributed by atoms with Gasteiger partial charge in [-0.3, -0.25) is 4.79 Å². The first-order valence-electron chi connectivity index (χ1n) is 10.3. The number of rotatable bonds is 6. The second-order valence-corrected chi connectivity index (χ2v) is 7.55. The lowest BCUT2D eigenvalue weighted by molar-refractivity contribution is -0.141. The van der Waals surface area contributed by atoms with Crippen molar-refractivity contribution in [2.45, 2.75) is 24.9 Å². The average molecular weight is 451 g/mol. The summed E-state index contributed by atoms with van der Waals surface area (Å²) in [6.45, 7) is 0. The Morgan fingerprint density at radius 2 is 1.79 bits per heavy atom. The molecule has 2 atom stereocenters. The van der Waals surface area contributed by atoms with Crippen LogP contribution in [-0.4, -0.2) is 52.1 Å². The monoisotopic (exact) mass is 451 g/mol. The molecule has 1 fully saturated rings. The van der Waals surface area contributed by atoms with E-state index in [1.165, 1.54) is 31.3 Å². The summed E-state index contributed by atoms with van der Waals surface area (Å²) < 4.78 is 25.0. The minimum Gasteiger partial charge on any atom is -0.496 e. The Morgan fingerprint density at radius 3 is 2.42 bits per heavy atom. The summed E-state index contributed by atoms with van der Waals surface area (Å²) in [5, 5.41) is 9.71. The van der Waals surface area contributed by atoms with E-state index < -0.39 is 29.8 Å². The molecular formula is C24H22FN3O5. The van der Waals surface area contributed by atoms with Crippen LogP contribution in [0.5, 0.6) is 11.8 Å². The van der Waals surface area contributed by atoms with Crippen LogP contribution in [0.25, 0.3) is 11.1 Å². The minimum atomic E-state index is -1.12. The Hall–Kier alpha value is -4.01. The highest BCUT2D eigenvalue weighted by Gasteiger charge is 2.42. The van der Waals surface area contributed by atoms with Crippen LogP contribution in [0.15, 0.2) is 54.9 Å². The molecule has 2 aromatic carbocycles. The predicted molar refractivity (Wildman–Crippen MR) is 117 cm³/mol. The Kier molecular flexibility index (Phi) is 6.21. The van der Waals surface area contributed by atoms with Gasteiger partial charge in [0.1, 0.15) is 17.6 Å². The second-order valence-electron chi connectivity index (χ2n) is 7.55. The Balaban J connectivity index is 1.71. The fourth-order valence-corrected chi connectivity index (χ4v) is 4.16. The molecule has 1 aliphatic rings. The number of carbonyl (C=O) groups excluding carboxylic acids is 1. The first-order valence-corrected chi connectivity index (χ1v) is 10.3. The maximum absolute atomic E-state index is 14.5. The molecule has 0 spiro atoms. The van der Waals surface area contributed by atoms with Gasteiger partial charge in [0.25, 0.3) is 5.91 Å². The standard InChI is InChI=1S/C24H22FN3O5/c1-32-21-11-14(7-8-16(21)15-12-26-24(33-2)27-13-15)22(29)28-19(9-10-20(28)23(30)31)17-5-3-4-6-18(17)25/h3-8,11-13,19-20H,9-10H2,1-2H3,(H,30,31)/t19-,20+/m1/s1. The van der Waals surface area contributed by atoms with Crippen molar-refractivity contribution in [1.29, 1.82) is 0 Å². The number of methoxy groups -OCH3 is 2. The highest BCUT2D eigenvalue weighted by molar-refractivity contribution is 5.98. The van der Waals surface area contributed by atoms with Gasteiger partial charge in [-0.2, -0.15) is 0 Å². The van der Waals surface area contributed by atoms with Gasteiger partial charge < -0.3 is 19.5 Å². The van der Waals surface area contributed by atoms with Crippen LogP contribution in [0, 0.1) is 5.82 Å². The fraction of sp³-hybridized carbons (Fsp3) is 0.250. The van der Waals surface area contributed by atoms with Gasteiger partial charge in [-0.25, -0.2) is 19.2 Å². The first-order chi connectivity index (χ1) is 15.9. The number of nitrogens with zero attached hydrogens (tertiary/aromatic N) is 3. The van der Waals surface area contributed by atoms with Gasteiger partial charge in [-0.05, 0) is 37.1 Å². The SMILES string of the molecule is COc1ncc(-c2ccc(C(=O)N3[C@@H](c4ccccc4F)CC[C@H]3C(=O)O)cc2OC)cn1. The lowest BCUT2D eigenvalue weighted by Gasteiger charge is -2.29. The van der Waals surface area contributed by atoms with Gasteiger partial charge in [0, 0.05) is 34.6 Å². The second kappa shape index (κ2) is 9.23. The molecule has 1 aromatic heterocycles. The summed E-state index contributed by atoms with van der Waals surface area (Å²) in [4.78, 5) is 34.8. The fourth-order valence-electron chi connectivity index (χ4n) is 4.16. The lowest BCUT2D eigenvalue weighted by atomic mass is 10.0. The van der Waals surface area contributed by atoms with Crippen molar-refractivity contribution in [2.75, 3.05) is 14.2 Å². The molecule has 8 nitrogen and oxygen atoms in total. The molecule has 4 rings (SSSR count). The molecule has 1 saturated heterocycles. The van der Waals surface area contributed by atoms with E-state index in [4.69, 9.17) is 9.47 Å². The summed E-state index contributed by atoms with van der Waals surface area (Å²) in [5.41, 5.74) is 1.84. The molecule has 2 heterocycles. The third kappa shape index (κ3) is 4.21. The van der Waals surface area contributed by atoms with Crippen LogP contribution in [0.2, 0.25) is 0 Å². The van der Waals surface area contributed by atoms with E-state index >= 15 is 0 Å². The topological polar surface area (TPSA) is 102 Å². The third-order valence-electron chi connectivity index (χ3n) is 5.74. The number of aliphatic carboxylic acids is 1. The molecule has 0 radical (unpaired) electrons. The highest BCUT2D eigenvalue weighted by Crippen LogP contribution is 2.39. The molecule has 9 heteroatoms. The van der Waals surface area contributed by atoms with E-state index in [1.807, 2.05) is 0 Å². The average Bonchev–Trinajstić information content (AvgIpc) is 3.29. The maximum Gasteiger partial charge on any atom is 0.326 e. The van der Waals surface area contributed by atoms with Crippen LogP contribution in [-0.2, 0) is 4.79 Å². The zero-order valence-corrected chi connectivity index (χ0v) is 18.1. The van der Waals surface area contributed by atoms with Gasteiger partial charge in [0.15, 0.2) is 0 Å². The minimum absolute atomic E-state index is 0.220. The molecule has 0 saturated carbocycles. The Morgan fingerprint density at radius 1 is 1.06 bits per heavy atom. The zero-order chi connectivity index (χ0) is 23.5. The van der Waals surface area contributed by atoms with E-state index in [1.54, 1.807) is 42.7 Å². The number of hydrogen-bond acceptors (Lipinski definition) is 6. The third-order valence-corrected chi connectivity index (χ3v) is 5.74. The molecule has 1 aliphatic heterocycles. The molecule has 3 aromatic rings. The smallest absolute Gasteiger partial charge is 0.326 e. The number of aromatic nitrogens is 2. The summed E-state index contributed by atoms with van der Waals surface area (Å²) >= 11 is 0. The number of halogens is 1. The normalized spacial score (nSPS) is 17.6. The number of ether oxygens (including phenoxy) is 2. The number of carboxylic acids is 1. The van der Waals surface area contributed by atoms with Crippen molar-refractivity contribution >= 4 is 11.9 Å². The van der Waals surface area contributed by atoms with Gasteiger partial charge in [0.05, 0.1) is 20.3 Å². The summed E-state index contributed by atoms with van der Waals surface area (Å²) in [6, 6.07) is 9.41. The van der Waals surface area contributed by atoms with Gasteiger partial charge in [0.2, 0.25) is 0 Å². The Labute approximate surface area is 189 Å². The van der Waals surface area contributed by atoms with E-state index in [0.717, 1.165) is 0 Å². The predicted octanol–water partition coefficient (Wildman–Crippen LogP) is 3.73. The molecule has 1 N–H and O–H groups in total. The van der Waals surface area contributed by atoms with Crippen molar-refractivity contribution in [3.8, 4) is 22.9 Å². The van der Waals surface area contributed by atoms with Crippen LogP contribution in [0.4, 0.5) is 4.39 Å². The number of likely N-dealkylation sites (tertiary alicyclic amines) is 1. The number of hydrogen-bond donors (Lipinski definition) is 1. The van der Waals surface area contributed by atoms with Crippen molar-refractivity contribution < 1.29 is 28.6 Å². The van der Waals surface area contributed by atoms with Crippen molar-refractivity contribution in [3.63, 3.8) is 0 Å². The van der Waals surface area contributed by atoms with Crippen LogP contribution in [0.1, 0.15) is 34.8 Å². The lowest BCUT2D eigenvalue weighted by Crippen LogP contribution is -2.42. The zero-order valence-electron chi connectivity index (χ0n) is 18.1. The molecule has 0 unspecified atom stereocenters. The first kappa shape index (κ1) is 22.2. The molecule has 0 bridgehead atoms. The summed E-state index contributed by atoms with van der Waals surface area (Å²) in [5.74, 6) is -1.72. The molecule has 1 amide bonds. The largest absolute Gasteiger partial charge is 0.496 e. The maximum atomic E-state index is 14.5.